The number of halogens is 4. The van der Waals surface area contributed by atoms with Crippen LogP contribution in [0.15, 0.2) is 12.1 Å². The third kappa shape index (κ3) is 4.86. The average molecular weight is 357 g/mol. The van der Waals surface area contributed by atoms with E-state index in [9.17, 15) is 13.2 Å². The summed E-state index contributed by atoms with van der Waals surface area (Å²) in [7, 11) is 2.87. The van der Waals surface area contributed by atoms with Crippen molar-refractivity contribution >= 4 is 15.9 Å². The van der Waals surface area contributed by atoms with Crippen molar-refractivity contribution in [3.8, 4) is 11.5 Å². The van der Waals surface area contributed by atoms with Gasteiger partial charge in [-0.2, -0.15) is 0 Å². The second kappa shape index (κ2) is 8.36. The van der Waals surface area contributed by atoms with Crippen molar-refractivity contribution in [3.63, 3.8) is 0 Å². The molecule has 114 valence electrons. The number of benzene rings is 1. The highest BCUT2D eigenvalue weighted by atomic mass is 79.9. The third-order valence-electron chi connectivity index (χ3n) is 2.60. The lowest BCUT2D eigenvalue weighted by atomic mass is 10.1. The van der Waals surface area contributed by atoms with Crippen molar-refractivity contribution in [2.24, 2.45) is 0 Å². The van der Waals surface area contributed by atoms with Crippen molar-refractivity contribution in [1.29, 1.82) is 0 Å². The molecule has 0 heterocycles. The fourth-order valence-electron chi connectivity index (χ4n) is 1.62. The van der Waals surface area contributed by atoms with E-state index in [0.29, 0.717) is 23.5 Å². The van der Waals surface area contributed by atoms with Crippen molar-refractivity contribution in [1.82, 2.24) is 0 Å². The highest BCUT2D eigenvalue weighted by molar-refractivity contribution is 9.09. The highest BCUT2D eigenvalue weighted by Gasteiger charge is 2.17. The molecule has 0 saturated carbocycles. The van der Waals surface area contributed by atoms with Crippen LogP contribution in [0.1, 0.15) is 16.8 Å². The minimum atomic E-state index is -2.50. The molecule has 0 spiro atoms. The Kier molecular flexibility index (Phi) is 7.15. The Hall–Kier alpha value is -0.950. The van der Waals surface area contributed by atoms with Crippen molar-refractivity contribution in [2.75, 3.05) is 27.4 Å². The minimum absolute atomic E-state index is 0.105. The van der Waals surface area contributed by atoms with Gasteiger partial charge in [0.1, 0.15) is 12.4 Å². The molecule has 0 aliphatic rings. The van der Waals surface area contributed by atoms with Crippen LogP contribution in [0.4, 0.5) is 13.2 Å². The second-order valence-corrected chi connectivity index (χ2v) is 5.06. The SMILES string of the molecule is COc1cc(F)c(C(Br)CCOCC(F)F)cc1OC. The van der Waals surface area contributed by atoms with Gasteiger partial charge in [-0.05, 0) is 12.5 Å². The van der Waals surface area contributed by atoms with E-state index in [1.165, 1.54) is 26.4 Å². The van der Waals surface area contributed by atoms with Crippen LogP contribution in [0, 0.1) is 5.82 Å². The first-order valence-corrected chi connectivity index (χ1v) is 6.82. The van der Waals surface area contributed by atoms with E-state index in [1.807, 2.05) is 0 Å². The molecule has 0 aliphatic carbocycles. The Balaban J connectivity index is 2.69. The van der Waals surface area contributed by atoms with Gasteiger partial charge in [-0.15, -0.1) is 0 Å². The lowest BCUT2D eigenvalue weighted by molar-refractivity contribution is 0.0167. The summed E-state index contributed by atoms with van der Waals surface area (Å²) in [5.74, 6) is 0.239. The van der Waals surface area contributed by atoms with Gasteiger partial charge >= 0.3 is 0 Å². The molecule has 1 rings (SSSR count). The lowest BCUT2D eigenvalue weighted by Gasteiger charge is -2.15. The monoisotopic (exact) mass is 356 g/mol. The second-order valence-electron chi connectivity index (χ2n) is 3.95. The third-order valence-corrected chi connectivity index (χ3v) is 3.55. The molecule has 0 amide bonds. The first-order chi connectivity index (χ1) is 9.49. The van der Waals surface area contributed by atoms with Gasteiger partial charge in [0.2, 0.25) is 0 Å². The van der Waals surface area contributed by atoms with Gasteiger partial charge in [-0.1, -0.05) is 15.9 Å². The van der Waals surface area contributed by atoms with Crippen LogP contribution in [0.3, 0.4) is 0 Å². The Morgan fingerprint density at radius 3 is 2.30 bits per heavy atom. The average Bonchev–Trinajstić information content (AvgIpc) is 2.42. The Bertz CT molecular complexity index is 430. The van der Waals surface area contributed by atoms with Crippen molar-refractivity contribution in [2.45, 2.75) is 17.7 Å². The maximum atomic E-state index is 13.9. The summed E-state index contributed by atoms with van der Waals surface area (Å²) >= 11 is 3.31. The minimum Gasteiger partial charge on any atom is -0.493 e. The molecule has 0 aliphatic heterocycles. The molecule has 0 aromatic heterocycles. The molecular formula is C13H16BrF3O3. The number of hydrogen-bond donors (Lipinski definition) is 0. The fraction of sp³-hybridized carbons (Fsp3) is 0.538. The number of hydrogen-bond acceptors (Lipinski definition) is 3. The first-order valence-electron chi connectivity index (χ1n) is 5.91. The van der Waals surface area contributed by atoms with E-state index >= 15 is 0 Å². The molecular weight excluding hydrogens is 341 g/mol. The molecule has 0 radical (unpaired) electrons. The predicted molar refractivity (Wildman–Crippen MR) is 72.6 cm³/mol. The Morgan fingerprint density at radius 2 is 1.75 bits per heavy atom. The number of alkyl halides is 3. The molecule has 0 fully saturated rings. The van der Waals surface area contributed by atoms with Gasteiger partial charge in [0.15, 0.2) is 11.5 Å². The maximum absolute atomic E-state index is 13.9. The lowest BCUT2D eigenvalue weighted by Crippen LogP contribution is -2.07. The zero-order valence-corrected chi connectivity index (χ0v) is 12.8. The van der Waals surface area contributed by atoms with Crippen LogP contribution < -0.4 is 9.47 Å². The van der Waals surface area contributed by atoms with Gasteiger partial charge in [0, 0.05) is 23.1 Å². The van der Waals surface area contributed by atoms with E-state index in [2.05, 4.69) is 15.9 Å². The molecule has 1 unspecified atom stereocenters. The summed E-state index contributed by atoms with van der Waals surface area (Å²) in [6.45, 7) is -0.512. The predicted octanol–water partition coefficient (Wildman–Crippen LogP) is 3.95. The van der Waals surface area contributed by atoms with Gasteiger partial charge < -0.3 is 14.2 Å². The quantitative estimate of drug-likeness (QED) is 0.521. The van der Waals surface area contributed by atoms with Crippen LogP contribution in [0.25, 0.3) is 0 Å². The Morgan fingerprint density at radius 1 is 1.15 bits per heavy atom. The zero-order chi connectivity index (χ0) is 15.1. The molecule has 1 aromatic rings. The number of ether oxygens (including phenoxy) is 3. The molecule has 0 N–H and O–H groups in total. The number of methoxy groups -OCH3 is 2. The molecule has 20 heavy (non-hydrogen) atoms. The maximum Gasteiger partial charge on any atom is 0.261 e. The topological polar surface area (TPSA) is 27.7 Å². The van der Waals surface area contributed by atoms with Gasteiger partial charge in [-0.25, -0.2) is 13.2 Å². The van der Waals surface area contributed by atoms with Crippen LogP contribution >= 0.6 is 15.9 Å². The van der Waals surface area contributed by atoms with Crippen molar-refractivity contribution < 1.29 is 27.4 Å². The molecule has 3 nitrogen and oxygen atoms in total. The molecule has 1 atom stereocenters. The van der Waals surface area contributed by atoms with Crippen LogP contribution in [-0.4, -0.2) is 33.9 Å². The molecule has 1 aromatic carbocycles. The smallest absolute Gasteiger partial charge is 0.261 e. The largest absolute Gasteiger partial charge is 0.493 e. The van der Waals surface area contributed by atoms with Crippen molar-refractivity contribution in [3.05, 3.63) is 23.5 Å². The van der Waals surface area contributed by atoms with E-state index < -0.39 is 18.8 Å². The van der Waals surface area contributed by atoms with E-state index in [-0.39, 0.29) is 11.4 Å². The van der Waals surface area contributed by atoms with Gasteiger partial charge in [-0.3, -0.25) is 0 Å². The highest BCUT2D eigenvalue weighted by Crippen LogP contribution is 2.36. The molecule has 0 saturated heterocycles. The molecule has 7 heteroatoms. The summed E-state index contributed by atoms with van der Waals surface area (Å²) < 4.78 is 52.6. The first kappa shape index (κ1) is 17.1. The van der Waals surface area contributed by atoms with Gasteiger partial charge in [0.05, 0.1) is 14.2 Å². The molecule has 0 bridgehead atoms. The summed E-state index contributed by atoms with van der Waals surface area (Å²) in [6, 6.07) is 2.74. The standard InChI is InChI=1S/C13H16BrF3O3/c1-18-11-5-8(10(15)6-12(11)19-2)9(14)3-4-20-7-13(16)17/h5-6,9,13H,3-4,7H2,1-2H3. The fourth-order valence-corrected chi connectivity index (χ4v) is 2.16. The van der Waals surface area contributed by atoms with E-state index in [0.717, 1.165) is 0 Å². The zero-order valence-electron chi connectivity index (χ0n) is 11.2. The summed E-state index contributed by atoms with van der Waals surface area (Å²) in [5, 5.41) is 0. The number of rotatable bonds is 8. The summed E-state index contributed by atoms with van der Waals surface area (Å²) in [4.78, 5) is -0.361. The normalized spacial score (nSPS) is 12.6. The van der Waals surface area contributed by atoms with E-state index in [1.54, 1.807) is 0 Å². The van der Waals surface area contributed by atoms with Crippen LogP contribution in [0.5, 0.6) is 11.5 Å². The van der Waals surface area contributed by atoms with E-state index in [4.69, 9.17) is 14.2 Å². The summed E-state index contributed by atoms with van der Waals surface area (Å²) in [6.07, 6.45) is -2.14. The van der Waals surface area contributed by atoms with Crippen LogP contribution in [-0.2, 0) is 4.74 Å². The van der Waals surface area contributed by atoms with Crippen LogP contribution in [0.2, 0.25) is 0 Å². The Labute approximate surface area is 124 Å². The van der Waals surface area contributed by atoms with Gasteiger partial charge in [0.25, 0.3) is 6.43 Å². The summed E-state index contributed by atoms with van der Waals surface area (Å²) in [5.41, 5.74) is 0.364.